The standard InChI is InChI=1S/C16H14N2O4S/c1-4-7-22-12-6-5-10(9-13(12)21-3)8-11-14(19)17-16(23)18(2)15(11)20/h1,5-6,8-9H,7H2,2-3H3,(H,17,19,23)/b11-8+. The van der Waals surface area contributed by atoms with E-state index >= 15 is 0 Å². The van der Waals surface area contributed by atoms with Crippen molar-refractivity contribution in [2.75, 3.05) is 20.8 Å². The second kappa shape index (κ2) is 6.94. The fourth-order valence-corrected chi connectivity index (χ4v) is 2.10. The Balaban J connectivity index is 2.35. The first kappa shape index (κ1) is 16.5. The van der Waals surface area contributed by atoms with E-state index in [1.165, 1.54) is 25.1 Å². The number of rotatable bonds is 4. The number of thiocarbonyl (C=S) groups is 1. The lowest BCUT2D eigenvalue weighted by molar-refractivity contribution is -0.128. The third kappa shape index (κ3) is 3.49. The summed E-state index contributed by atoms with van der Waals surface area (Å²) in [7, 11) is 2.98. The van der Waals surface area contributed by atoms with Crippen LogP contribution in [0.1, 0.15) is 5.56 Å². The van der Waals surface area contributed by atoms with Gasteiger partial charge in [-0.3, -0.25) is 19.8 Å². The predicted octanol–water partition coefficient (Wildman–Crippen LogP) is 0.964. The van der Waals surface area contributed by atoms with E-state index in [0.29, 0.717) is 17.1 Å². The summed E-state index contributed by atoms with van der Waals surface area (Å²) in [5, 5.41) is 2.53. The smallest absolute Gasteiger partial charge is 0.265 e. The molecule has 0 aromatic heterocycles. The third-order valence-electron chi connectivity index (χ3n) is 3.11. The molecule has 1 heterocycles. The van der Waals surface area contributed by atoms with Gasteiger partial charge >= 0.3 is 0 Å². The number of hydrogen-bond acceptors (Lipinski definition) is 5. The van der Waals surface area contributed by atoms with Crippen molar-refractivity contribution >= 4 is 35.2 Å². The molecule has 0 radical (unpaired) electrons. The minimum Gasteiger partial charge on any atom is -0.493 e. The predicted molar refractivity (Wildman–Crippen MR) is 88.8 cm³/mol. The summed E-state index contributed by atoms with van der Waals surface area (Å²) < 4.78 is 10.6. The number of terminal acetylenes is 1. The number of hydrogen-bond donors (Lipinski definition) is 1. The average molecular weight is 330 g/mol. The van der Waals surface area contributed by atoms with Gasteiger partial charge in [0.1, 0.15) is 12.2 Å². The number of nitrogens with one attached hydrogen (secondary N) is 1. The molecule has 1 aromatic carbocycles. The lowest BCUT2D eigenvalue weighted by Crippen LogP contribution is -2.52. The lowest BCUT2D eigenvalue weighted by atomic mass is 10.1. The van der Waals surface area contributed by atoms with Crippen molar-refractivity contribution in [3.05, 3.63) is 29.3 Å². The van der Waals surface area contributed by atoms with Gasteiger partial charge in [-0.05, 0) is 36.0 Å². The lowest BCUT2D eigenvalue weighted by Gasteiger charge is -2.25. The van der Waals surface area contributed by atoms with Gasteiger partial charge in [0.15, 0.2) is 16.6 Å². The van der Waals surface area contributed by atoms with Gasteiger partial charge in [0.05, 0.1) is 7.11 Å². The maximum atomic E-state index is 12.1. The summed E-state index contributed by atoms with van der Waals surface area (Å²) in [4.78, 5) is 25.3. The minimum absolute atomic E-state index is 0.0135. The maximum Gasteiger partial charge on any atom is 0.265 e. The SMILES string of the molecule is C#CCOc1ccc(/C=C2\C(=O)NC(=S)N(C)C2=O)cc1OC. The second-order valence-electron chi connectivity index (χ2n) is 4.58. The first-order valence-electron chi connectivity index (χ1n) is 6.57. The van der Waals surface area contributed by atoms with Crippen LogP contribution in [0.15, 0.2) is 23.8 Å². The summed E-state index contributed by atoms with van der Waals surface area (Å²) in [5.74, 6) is 2.28. The molecular weight excluding hydrogens is 316 g/mol. The van der Waals surface area contributed by atoms with Crippen LogP contribution in [0.25, 0.3) is 6.08 Å². The van der Waals surface area contributed by atoms with E-state index in [0.717, 1.165) is 0 Å². The van der Waals surface area contributed by atoms with Gasteiger partial charge in [-0.15, -0.1) is 6.42 Å². The van der Waals surface area contributed by atoms with Gasteiger partial charge in [0, 0.05) is 7.05 Å². The molecule has 0 unspecified atom stereocenters. The highest BCUT2D eigenvalue weighted by Crippen LogP contribution is 2.29. The molecule has 23 heavy (non-hydrogen) atoms. The molecule has 1 aliphatic heterocycles. The fourth-order valence-electron chi connectivity index (χ4n) is 1.92. The number of carbonyl (C=O) groups excluding carboxylic acids is 2. The Bertz CT molecular complexity index is 749. The van der Waals surface area contributed by atoms with Crippen LogP contribution in [0.5, 0.6) is 11.5 Å². The average Bonchev–Trinajstić information content (AvgIpc) is 2.55. The molecule has 1 aromatic rings. The van der Waals surface area contributed by atoms with Crippen LogP contribution in [0.4, 0.5) is 0 Å². The maximum absolute atomic E-state index is 12.1. The number of carbonyl (C=O) groups is 2. The molecule has 7 heteroatoms. The first-order chi connectivity index (χ1) is 11.0. The van der Waals surface area contributed by atoms with Crippen LogP contribution in [-0.4, -0.2) is 42.6 Å². The molecular formula is C16H14N2O4S. The molecule has 1 N–H and O–H groups in total. The van der Waals surface area contributed by atoms with E-state index in [2.05, 4.69) is 11.2 Å². The number of ether oxygens (including phenoxy) is 2. The molecule has 1 fully saturated rings. The third-order valence-corrected chi connectivity index (χ3v) is 3.49. The van der Waals surface area contributed by atoms with Crippen LogP contribution in [0, 0.1) is 12.3 Å². The number of methoxy groups -OCH3 is 1. The second-order valence-corrected chi connectivity index (χ2v) is 4.97. The number of amides is 2. The zero-order chi connectivity index (χ0) is 17.0. The first-order valence-corrected chi connectivity index (χ1v) is 6.98. The van der Waals surface area contributed by atoms with Crippen LogP contribution in [-0.2, 0) is 9.59 Å². The van der Waals surface area contributed by atoms with Crippen molar-refractivity contribution in [3.8, 4) is 23.8 Å². The Morgan fingerprint density at radius 1 is 1.39 bits per heavy atom. The van der Waals surface area contributed by atoms with Crippen LogP contribution < -0.4 is 14.8 Å². The Labute approximate surface area is 139 Å². The van der Waals surface area contributed by atoms with Gasteiger partial charge in [-0.1, -0.05) is 12.0 Å². The molecule has 0 saturated carbocycles. The van der Waals surface area contributed by atoms with Crippen LogP contribution >= 0.6 is 12.2 Å². The fraction of sp³-hybridized carbons (Fsp3) is 0.188. The van der Waals surface area contributed by atoms with Crippen molar-refractivity contribution in [2.24, 2.45) is 0 Å². The summed E-state index contributed by atoms with van der Waals surface area (Å²) >= 11 is 4.89. The molecule has 0 spiro atoms. The zero-order valence-electron chi connectivity index (χ0n) is 12.6. The summed E-state index contributed by atoms with van der Waals surface area (Å²) in [6.07, 6.45) is 6.62. The Morgan fingerprint density at radius 3 is 2.78 bits per heavy atom. The van der Waals surface area contributed by atoms with Gasteiger partial charge in [0.25, 0.3) is 11.8 Å². The highest BCUT2D eigenvalue weighted by molar-refractivity contribution is 7.80. The molecule has 1 saturated heterocycles. The molecule has 0 bridgehead atoms. The van der Waals surface area contributed by atoms with E-state index < -0.39 is 11.8 Å². The van der Waals surface area contributed by atoms with E-state index in [1.807, 2.05) is 0 Å². The molecule has 2 rings (SSSR count). The Morgan fingerprint density at radius 2 is 2.13 bits per heavy atom. The van der Waals surface area contributed by atoms with Gasteiger partial charge in [-0.25, -0.2) is 0 Å². The van der Waals surface area contributed by atoms with E-state index in [1.54, 1.807) is 18.2 Å². The van der Waals surface area contributed by atoms with Crippen molar-refractivity contribution in [3.63, 3.8) is 0 Å². The summed E-state index contributed by atoms with van der Waals surface area (Å²) in [6.45, 7) is 0.111. The van der Waals surface area contributed by atoms with Gasteiger partial charge < -0.3 is 9.47 Å². The van der Waals surface area contributed by atoms with E-state index in [9.17, 15) is 9.59 Å². The van der Waals surface area contributed by atoms with E-state index in [4.69, 9.17) is 28.1 Å². The normalized spacial score (nSPS) is 16.1. The molecule has 6 nitrogen and oxygen atoms in total. The molecule has 2 amide bonds. The monoisotopic (exact) mass is 330 g/mol. The van der Waals surface area contributed by atoms with Crippen molar-refractivity contribution in [1.29, 1.82) is 0 Å². The van der Waals surface area contributed by atoms with Gasteiger partial charge in [0.2, 0.25) is 0 Å². The minimum atomic E-state index is -0.537. The highest BCUT2D eigenvalue weighted by Gasteiger charge is 2.30. The largest absolute Gasteiger partial charge is 0.493 e. The Kier molecular flexibility index (Phi) is 4.98. The Hall–Kier alpha value is -2.85. The number of nitrogens with zero attached hydrogens (tertiary/aromatic N) is 1. The molecule has 0 aliphatic carbocycles. The molecule has 1 aliphatic rings. The quantitative estimate of drug-likeness (QED) is 0.385. The van der Waals surface area contributed by atoms with Gasteiger partial charge in [-0.2, -0.15) is 0 Å². The van der Waals surface area contributed by atoms with Crippen LogP contribution in [0.3, 0.4) is 0 Å². The summed E-state index contributed by atoms with van der Waals surface area (Å²) in [5.41, 5.74) is 0.593. The number of likely N-dealkylation sites (N-methyl/N-ethyl adjacent to an activating group) is 1. The topological polar surface area (TPSA) is 67.9 Å². The van der Waals surface area contributed by atoms with Crippen LogP contribution in [0.2, 0.25) is 0 Å². The van der Waals surface area contributed by atoms with Crippen molar-refractivity contribution < 1.29 is 19.1 Å². The van der Waals surface area contributed by atoms with E-state index in [-0.39, 0.29) is 17.3 Å². The molecule has 118 valence electrons. The summed E-state index contributed by atoms with van der Waals surface area (Å²) in [6, 6.07) is 4.99. The zero-order valence-corrected chi connectivity index (χ0v) is 13.4. The number of benzene rings is 1. The molecule has 0 atom stereocenters. The van der Waals surface area contributed by atoms with Crippen molar-refractivity contribution in [1.82, 2.24) is 10.2 Å². The van der Waals surface area contributed by atoms with Crippen molar-refractivity contribution in [2.45, 2.75) is 0 Å². The highest BCUT2D eigenvalue weighted by atomic mass is 32.1.